The van der Waals surface area contributed by atoms with Crippen LogP contribution in [0.2, 0.25) is 0 Å². The highest BCUT2D eigenvalue weighted by molar-refractivity contribution is 6.27. The second-order valence-corrected chi connectivity index (χ2v) is 5.99. The van der Waals surface area contributed by atoms with E-state index in [2.05, 4.69) is 9.67 Å². The Morgan fingerprint density at radius 1 is 0.905 bits per heavy atom. The molecule has 0 amide bonds. The Hall–Kier alpha value is -0.495. The lowest BCUT2D eigenvalue weighted by molar-refractivity contribution is -0.141. The molecule has 0 spiro atoms. The summed E-state index contributed by atoms with van der Waals surface area (Å²) in [5.74, 6) is -0.726. The molecule has 2 atom stereocenters. The normalized spacial score (nSPS) is 13.9. The van der Waals surface area contributed by atoms with Gasteiger partial charge in [0.25, 0.3) is 0 Å². The summed E-state index contributed by atoms with van der Waals surface area (Å²) >= 11 is 11.0. The third-order valence-electron chi connectivity index (χ3n) is 2.58. The van der Waals surface area contributed by atoms with Crippen molar-refractivity contribution in [2.75, 3.05) is 0 Å². The van der Waals surface area contributed by atoms with E-state index < -0.39 is 24.0 Å². The summed E-state index contributed by atoms with van der Waals surface area (Å²) in [6.45, 7) is 7.78. The Morgan fingerprint density at radius 2 is 1.24 bits per heavy atom. The minimum absolute atomic E-state index is 0.257. The predicted octanol–water partition coefficient (Wildman–Crippen LogP) is 1.92. The van der Waals surface area contributed by atoms with E-state index in [0.29, 0.717) is 20.5 Å². The number of carbonyl (C=O) groups is 2. The third-order valence-corrected chi connectivity index (χ3v) is 3.10. The van der Waals surface area contributed by atoms with Crippen molar-refractivity contribution >= 4 is 43.2 Å². The Morgan fingerprint density at radius 3 is 1.48 bits per heavy atom. The van der Waals surface area contributed by atoms with Gasteiger partial charge in [0, 0.05) is 0 Å². The summed E-state index contributed by atoms with van der Waals surface area (Å²) in [6.07, 6.45) is 1.01. The molecule has 0 rings (SSSR count). The summed E-state index contributed by atoms with van der Waals surface area (Å²) in [5, 5.41) is 0. The van der Waals surface area contributed by atoms with Gasteiger partial charge in [0.05, 0.1) is 0 Å². The first-order valence-electron chi connectivity index (χ1n) is 6.76. The molecule has 0 aromatic heterocycles. The van der Waals surface area contributed by atoms with Crippen molar-refractivity contribution in [2.45, 2.75) is 52.6 Å². The fraction of sp³-hybridized carbons (Fsp3) is 0.833. The minimum Gasteiger partial charge on any atom is -0.498 e. The van der Waals surface area contributed by atoms with Crippen LogP contribution in [-0.4, -0.2) is 31.7 Å². The highest BCUT2D eigenvalue weighted by Crippen LogP contribution is 2.08. The fourth-order valence-corrected chi connectivity index (χ4v) is 1.95. The van der Waals surface area contributed by atoms with Gasteiger partial charge < -0.3 is 9.31 Å². The highest BCUT2D eigenvalue weighted by Gasteiger charge is 2.24. The van der Waals surface area contributed by atoms with Gasteiger partial charge in [-0.25, -0.2) is 9.67 Å². The Kier molecular flexibility index (Phi) is 10.9. The van der Waals surface area contributed by atoms with Crippen molar-refractivity contribution in [3.63, 3.8) is 0 Å². The summed E-state index contributed by atoms with van der Waals surface area (Å²) in [6, 6.07) is -1.33. The predicted molar refractivity (Wildman–Crippen MR) is 82.4 cm³/mol. The van der Waals surface area contributed by atoms with Crippen LogP contribution in [0.4, 0.5) is 0 Å². The molecule has 0 saturated carbocycles. The van der Waals surface area contributed by atoms with Gasteiger partial charge >= 0.3 is 19.6 Å². The van der Waals surface area contributed by atoms with Gasteiger partial charge in [-0.1, -0.05) is 27.7 Å². The molecule has 0 bridgehead atoms. The van der Waals surface area contributed by atoms with Gasteiger partial charge in [-0.3, -0.25) is 9.59 Å². The van der Waals surface area contributed by atoms with E-state index in [4.69, 9.17) is 32.9 Å². The van der Waals surface area contributed by atoms with Crippen LogP contribution in [0.25, 0.3) is 0 Å². The molecule has 1 radical (unpaired) electrons. The van der Waals surface area contributed by atoms with Gasteiger partial charge in [0.1, 0.15) is 12.1 Å². The smallest absolute Gasteiger partial charge is 0.498 e. The van der Waals surface area contributed by atoms with E-state index in [1.54, 1.807) is 0 Å². The van der Waals surface area contributed by atoms with Crippen molar-refractivity contribution in [1.82, 2.24) is 9.67 Å². The van der Waals surface area contributed by atoms with Crippen molar-refractivity contribution in [1.29, 1.82) is 0 Å². The molecule has 0 aliphatic rings. The van der Waals surface area contributed by atoms with E-state index >= 15 is 0 Å². The first-order chi connectivity index (χ1) is 9.81. The fourth-order valence-electron chi connectivity index (χ4n) is 1.60. The number of halogens is 2. The van der Waals surface area contributed by atoms with Crippen LogP contribution in [0.3, 0.4) is 0 Å². The standard InChI is InChI=1S/C12H22BCl2N2O4/c1-7(2)5-9(16-14)11(18)20-13-21-12(19)10(17-15)6-8(3)4/h7-10,16-17H,5-6H2,1-4H3/t9-,10-/m0/s1. The van der Waals surface area contributed by atoms with Crippen LogP contribution in [-0.2, 0) is 18.9 Å². The zero-order valence-corrected chi connectivity index (χ0v) is 14.2. The first kappa shape index (κ1) is 20.5. The van der Waals surface area contributed by atoms with Crippen LogP contribution in [0.1, 0.15) is 40.5 Å². The maximum absolute atomic E-state index is 11.7. The molecule has 6 nitrogen and oxygen atoms in total. The number of rotatable bonds is 10. The van der Waals surface area contributed by atoms with Crippen molar-refractivity contribution in [2.24, 2.45) is 11.8 Å². The molecule has 9 heteroatoms. The molecule has 0 aromatic rings. The quantitative estimate of drug-likeness (QED) is 0.468. The molecule has 0 aliphatic carbocycles. The molecular formula is C12H22BCl2N2O4. The van der Waals surface area contributed by atoms with E-state index in [1.165, 1.54) is 0 Å². The van der Waals surface area contributed by atoms with Crippen LogP contribution < -0.4 is 9.67 Å². The molecule has 0 aliphatic heterocycles. The number of hydrogen-bond donors (Lipinski definition) is 2. The largest absolute Gasteiger partial charge is 0.662 e. The Balaban J connectivity index is 4.16. The van der Waals surface area contributed by atoms with Crippen molar-refractivity contribution in [3.05, 3.63) is 0 Å². The maximum Gasteiger partial charge on any atom is 0.662 e. The molecule has 0 aromatic carbocycles. The van der Waals surface area contributed by atoms with Crippen LogP contribution in [0.15, 0.2) is 0 Å². The summed E-state index contributed by atoms with van der Waals surface area (Å²) in [7, 11) is 0.702. The zero-order chi connectivity index (χ0) is 16.4. The number of carbonyl (C=O) groups excluding carboxylic acids is 2. The highest BCUT2D eigenvalue weighted by atomic mass is 35.5. The molecule has 0 saturated heterocycles. The third kappa shape index (κ3) is 9.19. The Bertz CT molecular complexity index is 302. The van der Waals surface area contributed by atoms with E-state index in [0.717, 1.165) is 0 Å². The summed E-state index contributed by atoms with van der Waals surface area (Å²) in [5.41, 5.74) is 0. The van der Waals surface area contributed by atoms with Gasteiger partial charge in [0.2, 0.25) is 0 Å². The second-order valence-electron chi connectivity index (χ2n) is 5.55. The van der Waals surface area contributed by atoms with Gasteiger partial charge in [-0.2, -0.15) is 0 Å². The molecule has 2 N–H and O–H groups in total. The SMILES string of the molecule is CC(C)C[C@H](NCl)C(=O)O[B]OC(=O)[C@H](CC(C)C)NCl. The van der Waals surface area contributed by atoms with Crippen molar-refractivity contribution in [3.8, 4) is 0 Å². The molecular weight excluding hydrogens is 318 g/mol. The van der Waals surface area contributed by atoms with E-state index in [9.17, 15) is 9.59 Å². The number of nitrogens with one attached hydrogen (secondary N) is 2. The topological polar surface area (TPSA) is 76.7 Å². The van der Waals surface area contributed by atoms with Crippen LogP contribution in [0, 0.1) is 11.8 Å². The number of hydrogen-bond acceptors (Lipinski definition) is 6. The minimum atomic E-state index is -0.667. The van der Waals surface area contributed by atoms with Gasteiger partial charge in [-0.15, -0.1) is 0 Å². The molecule has 0 unspecified atom stereocenters. The van der Waals surface area contributed by atoms with Crippen molar-refractivity contribution < 1.29 is 18.9 Å². The lowest BCUT2D eigenvalue weighted by atomic mass is 10.0. The second kappa shape index (κ2) is 11.1. The van der Waals surface area contributed by atoms with Crippen LogP contribution >= 0.6 is 23.6 Å². The summed E-state index contributed by atoms with van der Waals surface area (Å²) < 4.78 is 9.48. The molecule has 0 fully saturated rings. The average Bonchev–Trinajstić information content (AvgIpc) is 2.41. The van der Waals surface area contributed by atoms with Gasteiger partial charge in [0.15, 0.2) is 0 Å². The first-order valence-corrected chi connectivity index (χ1v) is 7.52. The zero-order valence-electron chi connectivity index (χ0n) is 12.7. The Labute approximate surface area is 136 Å². The average molecular weight is 340 g/mol. The molecule has 21 heavy (non-hydrogen) atoms. The van der Waals surface area contributed by atoms with E-state index in [1.807, 2.05) is 27.7 Å². The lowest BCUT2D eigenvalue weighted by Crippen LogP contribution is -2.38. The molecule has 121 valence electrons. The monoisotopic (exact) mass is 339 g/mol. The molecule has 0 heterocycles. The lowest BCUT2D eigenvalue weighted by Gasteiger charge is -2.17. The van der Waals surface area contributed by atoms with E-state index in [-0.39, 0.29) is 11.8 Å². The van der Waals surface area contributed by atoms with Crippen LogP contribution in [0.5, 0.6) is 0 Å². The van der Waals surface area contributed by atoms with Gasteiger partial charge in [-0.05, 0) is 48.2 Å². The summed E-state index contributed by atoms with van der Waals surface area (Å²) in [4.78, 5) is 28.0. The maximum atomic E-state index is 11.7.